The Balaban J connectivity index is 6.30. The van der Waals surface area contributed by atoms with Crippen LogP contribution in [-0.2, 0) is 38.4 Å². The number of unbranched alkanes of at least 4 members (excludes halogenated alkanes) is 2. The molecule has 0 unspecified atom stereocenters. The van der Waals surface area contributed by atoms with Crippen LogP contribution in [0.4, 0.5) is 0 Å². The molecule has 6 amide bonds. The lowest BCUT2D eigenvalue weighted by Gasteiger charge is -2.29. The van der Waals surface area contributed by atoms with Crippen molar-refractivity contribution in [3.05, 3.63) is 0 Å². The predicted octanol–water partition coefficient (Wildman–Crippen LogP) is -0.802. The second-order valence-corrected chi connectivity index (χ2v) is 15.4. The highest BCUT2D eigenvalue weighted by atomic mass is 16.4. The van der Waals surface area contributed by atoms with E-state index in [9.17, 15) is 48.6 Å². The highest BCUT2D eigenvalue weighted by Gasteiger charge is 2.35. The van der Waals surface area contributed by atoms with Gasteiger partial charge in [-0.2, -0.15) is 0 Å². The number of amides is 6. The fourth-order valence-corrected chi connectivity index (χ4v) is 5.62. The fraction of sp³-hybridized carbons (Fsp3) is 0.784. The van der Waals surface area contributed by atoms with Gasteiger partial charge in [0.25, 0.3) is 0 Å². The van der Waals surface area contributed by atoms with Crippen molar-refractivity contribution < 1.29 is 48.6 Å². The topological polar surface area (TPSA) is 327 Å². The molecule has 19 heteroatoms. The van der Waals surface area contributed by atoms with E-state index in [-0.39, 0.29) is 43.9 Å². The van der Waals surface area contributed by atoms with E-state index in [4.69, 9.17) is 17.2 Å². The maximum absolute atomic E-state index is 13.8. The second kappa shape index (κ2) is 27.3. The molecular formula is C37H69N9O10. The van der Waals surface area contributed by atoms with Gasteiger partial charge >= 0.3 is 11.9 Å². The molecule has 0 aliphatic heterocycles. The summed E-state index contributed by atoms with van der Waals surface area (Å²) in [6.07, 6.45) is 1.79. The Kier molecular flexibility index (Phi) is 25.2. The first-order valence-corrected chi connectivity index (χ1v) is 19.6. The molecule has 322 valence electrons. The molecule has 56 heavy (non-hydrogen) atoms. The third-order valence-corrected chi connectivity index (χ3v) is 8.76. The maximum atomic E-state index is 13.8. The molecule has 0 aromatic rings. The third-order valence-electron chi connectivity index (χ3n) is 8.76. The lowest BCUT2D eigenvalue weighted by molar-refractivity contribution is -0.142. The van der Waals surface area contributed by atoms with E-state index in [1.807, 2.05) is 13.8 Å². The number of carbonyl (C=O) groups excluding carboxylic acids is 6. The molecule has 0 radical (unpaired) electrons. The molecule has 0 fully saturated rings. The van der Waals surface area contributed by atoms with Crippen LogP contribution in [0.15, 0.2) is 0 Å². The molecule has 7 atom stereocenters. The molecular weight excluding hydrogens is 730 g/mol. The summed E-state index contributed by atoms with van der Waals surface area (Å²) in [5.74, 6) is -7.67. The SMILES string of the molecule is CC(C)C[C@H](NC(=O)[C@H](CC(C)C)NC(=O)[C@H](CCC(=O)O)NC(=O)[C@@H](NC(=O)[C@H](CCCCN)NC(=O)[C@H](C)N)C(C)C)C(=O)N[C@@H](CCCCN)C(=O)O. The Hall–Kier alpha value is -4.36. The van der Waals surface area contributed by atoms with Crippen LogP contribution >= 0.6 is 0 Å². The number of nitrogens with two attached hydrogens (primary N) is 3. The second-order valence-electron chi connectivity index (χ2n) is 15.4. The zero-order chi connectivity index (χ0) is 43.1. The lowest BCUT2D eigenvalue weighted by atomic mass is 9.98. The van der Waals surface area contributed by atoms with Crippen LogP contribution in [0.25, 0.3) is 0 Å². The summed E-state index contributed by atoms with van der Waals surface area (Å²) in [7, 11) is 0. The van der Waals surface area contributed by atoms with Gasteiger partial charge in [0.15, 0.2) is 0 Å². The average molecular weight is 800 g/mol. The van der Waals surface area contributed by atoms with Gasteiger partial charge in [-0.15, -0.1) is 0 Å². The summed E-state index contributed by atoms with van der Waals surface area (Å²) < 4.78 is 0. The monoisotopic (exact) mass is 800 g/mol. The van der Waals surface area contributed by atoms with Crippen LogP contribution in [0, 0.1) is 17.8 Å². The zero-order valence-electron chi connectivity index (χ0n) is 34.2. The molecule has 0 saturated carbocycles. The Labute approximate surface area is 330 Å². The van der Waals surface area contributed by atoms with Crippen LogP contribution in [0.5, 0.6) is 0 Å². The first kappa shape index (κ1) is 51.6. The lowest BCUT2D eigenvalue weighted by Crippen LogP contribution is -2.60. The van der Waals surface area contributed by atoms with Crippen molar-refractivity contribution in [3.8, 4) is 0 Å². The molecule has 19 nitrogen and oxygen atoms in total. The largest absolute Gasteiger partial charge is 0.481 e. The van der Waals surface area contributed by atoms with Gasteiger partial charge < -0.3 is 59.3 Å². The Morgan fingerprint density at radius 3 is 1.25 bits per heavy atom. The van der Waals surface area contributed by atoms with Gasteiger partial charge in [-0.05, 0) is 95.6 Å². The number of aliphatic carboxylic acids is 2. The van der Waals surface area contributed by atoms with E-state index in [0.29, 0.717) is 38.8 Å². The molecule has 0 heterocycles. The van der Waals surface area contributed by atoms with Gasteiger partial charge in [0.1, 0.15) is 36.3 Å². The van der Waals surface area contributed by atoms with Crippen molar-refractivity contribution in [2.45, 2.75) is 155 Å². The number of carboxylic acids is 2. The predicted molar refractivity (Wildman–Crippen MR) is 209 cm³/mol. The normalized spacial score (nSPS) is 15.1. The van der Waals surface area contributed by atoms with Gasteiger partial charge in [0.2, 0.25) is 35.4 Å². The summed E-state index contributed by atoms with van der Waals surface area (Å²) in [5, 5.41) is 34.6. The minimum atomic E-state index is -1.46. The van der Waals surface area contributed by atoms with E-state index in [2.05, 4.69) is 31.9 Å². The Morgan fingerprint density at radius 2 is 0.857 bits per heavy atom. The minimum Gasteiger partial charge on any atom is -0.481 e. The van der Waals surface area contributed by atoms with Gasteiger partial charge in [0.05, 0.1) is 6.04 Å². The maximum Gasteiger partial charge on any atom is 0.326 e. The number of carboxylic acid groups (broad SMARTS) is 2. The molecule has 0 aliphatic carbocycles. The summed E-state index contributed by atoms with van der Waals surface area (Å²) >= 11 is 0. The molecule has 0 rings (SSSR count). The van der Waals surface area contributed by atoms with Crippen molar-refractivity contribution in [2.75, 3.05) is 13.1 Å². The van der Waals surface area contributed by atoms with Crippen LogP contribution in [0.2, 0.25) is 0 Å². The summed E-state index contributed by atoms with van der Waals surface area (Å²) in [4.78, 5) is 104. The number of rotatable bonds is 29. The quantitative estimate of drug-likeness (QED) is 0.0414. The van der Waals surface area contributed by atoms with Gasteiger partial charge in [-0.3, -0.25) is 33.6 Å². The number of hydrogen-bond acceptors (Lipinski definition) is 11. The van der Waals surface area contributed by atoms with Crippen molar-refractivity contribution in [3.63, 3.8) is 0 Å². The summed E-state index contributed by atoms with van der Waals surface area (Å²) in [6.45, 7) is 12.7. The van der Waals surface area contributed by atoms with Crippen LogP contribution in [0.1, 0.15) is 113 Å². The molecule has 0 aromatic carbocycles. The standard InChI is InChI=1S/C37H69N9O10/c1-20(2)18-27(34(52)43-26(37(55)56)13-9-11-17-39)45-35(53)28(19-21(3)4)44-32(50)25(14-15-29(47)48)42-36(54)30(22(5)6)46-33(51)24(12-8-10-16-38)41-31(49)23(7)40/h20-28,30H,8-19,38-40H2,1-7H3,(H,41,49)(H,42,54)(H,43,52)(H,44,50)(H,45,53)(H,46,51)(H,47,48)(H,55,56)/t23-,24-,25-,26-,27-,28-,30-/m0/s1. The van der Waals surface area contributed by atoms with E-state index < -0.39 is 102 Å². The first-order chi connectivity index (χ1) is 26.1. The van der Waals surface area contributed by atoms with Crippen molar-refractivity contribution >= 4 is 47.4 Å². The molecule has 0 bridgehead atoms. The average Bonchev–Trinajstić information content (AvgIpc) is 3.09. The van der Waals surface area contributed by atoms with Crippen LogP contribution in [-0.4, -0.2) is 113 Å². The number of hydrogen-bond donors (Lipinski definition) is 11. The van der Waals surface area contributed by atoms with Crippen LogP contribution < -0.4 is 49.1 Å². The third kappa shape index (κ3) is 21.1. The highest BCUT2D eigenvalue weighted by molar-refractivity contribution is 5.97. The minimum absolute atomic E-state index is 0.0907. The summed E-state index contributed by atoms with van der Waals surface area (Å²) in [5.41, 5.74) is 16.8. The highest BCUT2D eigenvalue weighted by Crippen LogP contribution is 2.12. The zero-order valence-corrected chi connectivity index (χ0v) is 34.2. The molecule has 0 saturated heterocycles. The van der Waals surface area contributed by atoms with Crippen molar-refractivity contribution in [1.82, 2.24) is 31.9 Å². The van der Waals surface area contributed by atoms with Gasteiger partial charge in [-0.25, -0.2) is 4.79 Å². The first-order valence-electron chi connectivity index (χ1n) is 19.6. The Morgan fingerprint density at radius 1 is 0.482 bits per heavy atom. The van der Waals surface area contributed by atoms with Crippen LogP contribution in [0.3, 0.4) is 0 Å². The van der Waals surface area contributed by atoms with E-state index in [1.54, 1.807) is 27.7 Å². The number of nitrogens with one attached hydrogen (secondary N) is 6. The smallest absolute Gasteiger partial charge is 0.326 e. The molecule has 0 aromatic heterocycles. The van der Waals surface area contributed by atoms with E-state index in [0.717, 1.165) is 0 Å². The molecule has 0 spiro atoms. The van der Waals surface area contributed by atoms with E-state index >= 15 is 0 Å². The fourth-order valence-electron chi connectivity index (χ4n) is 5.62. The van der Waals surface area contributed by atoms with Crippen molar-refractivity contribution in [2.24, 2.45) is 35.0 Å². The van der Waals surface area contributed by atoms with Gasteiger partial charge in [-0.1, -0.05) is 41.5 Å². The van der Waals surface area contributed by atoms with Crippen molar-refractivity contribution in [1.29, 1.82) is 0 Å². The molecule has 14 N–H and O–H groups in total. The molecule has 0 aliphatic rings. The Bertz CT molecular complexity index is 1300. The van der Waals surface area contributed by atoms with E-state index in [1.165, 1.54) is 6.92 Å². The number of carbonyl (C=O) groups is 8. The van der Waals surface area contributed by atoms with Gasteiger partial charge in [0, 0.05) is 6.42 Å². The summed E-state index contributed by atoms with van der Waals surface area (Å²) in [6, 6.07) is -8.22.